The van der Waals surface area contributed by atoms with Crippen molar-refractivity contribution in [1.29, 1.82) is 0 Å². The molecular weight excluding hydrogens is 493 g/mol. The Balaban J connectivity index is 1.51. The van der Waals surface area contributed by atoms with Crippen molar-refractivity contribution in [2.75, 3.05) is 12.1 Å². The zero-order chi connectivity index (χ0) is 25.4. The number of carboxylic acids is 1. The second-order valence-electron chi connectivity index (χ2n) is 9.42. The van der Waals surface area contributed by atoms with Gasteiger partial charge in [0, 0.05) is 5.02 Å². The summed E-state index contributed by atoms with van der Waals surface area (Å²) in [5.41, 5.74) is 5.87. The van der Waals surface area contributed by atoms with Gasteiger partial charge in [-0.05, 0) is 51.3 Å². The second kappa shape index (κ2) is 9.48. The van der Waals surface area contributed by atoms with Crippen LogP contribution in [0.25, 0.3) is 11.2 Å². The van der Waals surface area contributed by atoms with Crippen LogP contribution in [0.15, 0.2) is 36.9 Å². The van der Waals surface area contributed by atoms with Crippen molar-refractivity contribution >= 4 is 42.0 Å². The van der Waals surface area contributed by atoms with Gasteiger partial charge in [-0.2, -0.15) is 0 Å². The Kier molecular flexibility index (Phi) is 6.91. The monoisotopic (exact) mass is 521 g/mol. The first-order valence-electron chi connectivity index (χ1n) is 11.1. The number of ether oxygens (including phenoxy) is 1. The lowest BCUT2D eigenvalue weighted by Crippen LogP contribution is -2.49. The summed E-state index contributed by atoms with van der Waals surface area (Å²) in [6, 6.07) is 7.33. The smallest absolute Gasteiger partial charge is 0.323 e. The van der Waals surface area contributed by atoms with Gasteiger partial charge in [0.15, 0.2) is 11.5 Å². The number of benzene rings is 1. The molecule has 4 rings (SSSR count). The maximum Gasteiger partial charge on any atom is 0.323 e. The number of rotatable bonds is 11. The summed E-state index contributed by atoms with van der Waals surface area (Å²) in [7, 11) is -3.54. The Labute approximate surface area is 207 Å². The van der Waals surface area contributed by atoms with Gasteiger partial charge in [0.05, 0.1) is 24.5 Å². The molecule has 3 aromatic rings. The van der Waals surface area contributed by atoms with Gasteiger partial charge in [0.2, 0.25) is 7.44 Å². The SMILES string of the molecule is C[C@@H](Cn1cnc2c(N)ncnc21)OCP(=O)(NC(C)(C)C(=O)O)NC1(c2ccc(Cl)cc2)CC1. The van der Waals surface area contributed by atoms with Crippen LogP contribution in [-0.4, -0.2) is 48.6 Å². The van der Waals surface area contributed by atoms with Crippen LogP contribution in [0, 0.1) is 0 Å². The maximum atomic E-state index is 14.1. The number of nitrogen functional groups attached to an aromatic ring is 1. The van der Waals surface area contributed by atoms with Crippen molar-refractivity contribution in [3.63, 3.8) is 0 Å². The lowest BCUT2D eigenvalue weighted by atomic mass is 10.1. The van der Waals surface area contributed by atoms with Gasteiger partial charge in [0.1, 0.15) is 23.7 Å². The summed E-state index contributed by atoms with van der Waals surface area (Å²) in [4.78, 5) is 24.2. The third-order valence-corrected chi connectivity index (χ3v) is 8.43. The molecule has 1 fully saturated rings. The fraction of sp³-hybridized carbons (Fsp3) is 0.455. The highest BCUT2D eigenvalue weighted by Crippen LogP contribution is 2.54. The first kappa shape index (κ1) is 25.5. The number of hydrogen-bond acceptors (Lipinski definition) is 7. The van der Waals surface area contributed by atoms with Gasteiger partial charge < -0.3 is 20.1 Å². The van der Waals surface area contributed by atoms with Crippen LogP contribution in [0.2, 0.25) is 5.02 Å². The van der Waals surface area contributed by atoms with Gasteiger partial charge in [-0.25, -0.2) is 25.1 Å². The van der Waals surface area contributed by atoms with E-state index in [2.05, 4.69) is 25.1 Å². The predicted octanol–water partition coefficient (Wildman–Crippen LogP) is 3.35. The number of carboxylic acid groups (broad SMARTS) is 1. The van der Waals surface area contributed by atoms with Crippen molar-refractivity contribution in [2.45, 2.75) is 57.3 Å². The zero-order valence-corrected chi connectivity index (χ0v) is 21.4. The summed E-state index contributed by atoms with van der Waals surface area (Å²) in [5.74, 6) is -0.834. The molecule has 1 saturated carbocycles. The van der Waals surface area contributed by atoms with Crippen molar-refractivity contribution in [2.24, 2.45) is 0 Å². The van der Waals surface area contributed by atoms with Crippen LogP contribution in [0.5, 0.6) is 0 Å². The summed E-state index contributed by atoms with van der Waals surface area (Å²) in [6.07, 6.45) is 3.86. The van der Waals surface area contributed by atoms with Crippen molar-refractivity contribution in [3.05, 3.63) is 47.5 Å². The zero-order valence-electron chi connectivity index (χ0n) is 19.7. The first-order chi connectivity index (χ1) is 16.4. The minimum Gasteiger partial charge on any atom is -0.480 e. The number of carbonyl (C=O) groups is 1. The van der Waals surface area contributed by atoms with E-state index in [1.165, 1.54) is 20.2 Å². The average Bonchev–Trinajstić information content (AvgIpc) is 3.44. The molecule has 1 unspecified atom stereocenters. The Hall–Kier alpha value is -2.56. The number of nitrogens with zero attached hydrogens (tertiary/aromatic N) is 4. The second-order valence-corrected chi connectivity index (χ2v) is 12.0. The van der Waals surface area contributed by atoms with E-state index in [-0.39, 0.29) is 18.3 Å². The van der Waals surface area contributed by atoms with E-state index in [0.717, 1.165) is 18.4 Å². The van der Waals surface area contributed by atoms with Crippen LogP contribution >= 0.6 is 19.0 Å². The molecule has 11 nitrogen and oxygen atoms in total. The van der Waals surface area contributed by atoms with E-state index in [1.54, 1.807) is 23.0 Å². The van der Waals surface area contributed by atoms with E-state index < -0.39 is 24.5 Å². The molecule has 35 heavy (non-hydrogen) atoms. The minimum absolute atomic E-state index is 0.218. The third-order valence-electron chi connectivity index (χ3n) is 5.96. The number of aromatic nitrogens is 4. The lowest BCUT2D eigenvalue weighted by molar-refractivity contribution is -0.142. The van der Waals surface area contributed by atoms with Gasteiger partial charge in [-0.3, -0.25) is 9.36 Å². The van der Waals surface area contributed by atoms with E-state index in [1.807, 2.05) is 19.1 Å². The Morgan fingerprint density at radius 3 is 2.63 bits per heavy atom. The van der Waals surface area contributed by atoms with Crippen LogP contribution in [0.4, 0.5) is 5.82 Å². The summed E-state index contributed by atoms with van der Waals surface area (Å²) >= 11 is 6.03. The lowest BCUT2D eigenvalue weighted by Gasteiger charge is -2.33. The molecule has 5 N–H and O–H groups in total. The Morgan fingerprint density at radius 1 is 1.31 bits per heavy atom. The number of halogens is 1. The molecule has 188 valence electrons. The average molecular weight is 522 g/mol. The van der Waals surface area contributed by atoms with Crippen LogP contribution in [0.3, 0.4) is 0 Å². The number of anilines is 1. The van der Waals surface area contributed by atoms with Gasteiger partial charge in [0.25, 0.3) is 0 Å². The molecule has 1 aromatic carbocycles. The Bertz CT molecular complexity index is 1280. The standard InChI is InChI=1S/C22H29ClN7O4P/c1-14(10-30-12-27-17-18(24)25-11-26-19(17)30)34-13-35(33,28-21(2,3)20(31)32)29-22(8-9-22)15-4-6-16(23)7-5-15/h4-7,11-12,14H,8-10,13H2,1-3H3,(H,31,32)(H2,24,25,26)(H2,28,29,33)/t14-,35?/m0/s1. The predicted molar refractivity (Wildman–Crippen MR) is 133 cm³/mol. The van der Waals surface area contributed by atoms with Gasteiger partial charge in [-0.15, -0.1) is 0 Å². The summed E-state index contributed by atoms with van der Waals surface area (Å²) < 4.78 is 21.9. The van der Waals surface area contributed by atoms with Crippen LogP contribution in [0.1, 0.15) is 39.2 Å². The van der Waals surface area contributed by atoms with E-state index in [0.29, 0.717) is 22.7 Å². The quantitative estimate of drug-likeness (QED) is 0.276. The topological polar surface area (TPSA) is 157 Å². The molecule has 1 aliphatic carbocycles. The number of aliphatic carboxylic acids is 1. The minimum atomic E-state index is -3.54. The van der Waals surface area contributed by atoms with E-state index >= 15 is 0 Å². The summed E-state index contributed by atoms with van der Waals surface area (Å²) in [6.45, 7) is 5.14. The highest BCUT2D eigenvalue weighted by atomic mass is 35.5. The molecular formula is C22H29ClN7O4P. The fourth-order valence-corrected chi connectivity index (χ4v) is 6.71. The Morgan fingerprint density at radius 2 is 2.00 bits per heavy atom. The van der Waals surface area contributed by atoms with Crippen LogP contribution < -0.4 is 15.9 Å². The summed E-state index contributed by atoms with van der Waals surface area (Å²) in [5, 5.41) is 16.3. The first-order valence-corrected chi connectivity index (χ1v) is 13.4. The molecule has 1 aliphatic rings. The molecule has 0 aliphatic heterocycles. The maximum absolute atomic E-state index is 14.1. The van der Waals surface area contributed by atoms with E-state index in [4.69, 9.17) is 22.1 Å². The molecule has 2 heterocycles. The number of fused-ring (bicyclic) bond motifs is 1. The van der Waals surface area contributed by atoms with Gasteiger partial charge in [-0.1, -0.05) is 23.7 Å². The number of imidazole rings is 1. The highest BCUT2D eigenvalue weighted by molar-refractivity contribution is 7.59. The van der Waals surface area contributed by atoms with Gasteiger partial charge >= 0.3 is 5.97 Å². The molecule has 13 heteroatoms. The largest absolute Gasteiger partial charge is 0.480 e. The van der Waals surface area contributed by atoms with E-state index in [9.17, 15) is 14.5 Å². The number of nitrogens with two attached hydrogens (primary N) is 1. The molecule has 0 spiro atoms. The van der Waals surface area contributed by atoms with Crippen molar-refractivity contribution in [3.8, 4) is 0 Å². The molecule has 2 atom stereocenters. The van der Waals surface area contributed by atoms with Crippen molar-refractivity contribution < 1.29 is 19.2 Å². The number of hydrogen-bond donors (Lipinski definition) is 4. The molecule has 0 saturated heterocycles. The number of nitrogens with one attached hydrogen (secondary N) is 2. The highest BCUT2D eigenvalue weighted by Gasteiger charge is 2.50. The normalized spacial score (nSPS) is 17.7. The fourth-order valence-electron chi connectivity index (χ4n) is 3.89. The molecule has 0 radical (unpaired) electrons. The third kappa shape index (κ3) is 5.65. The van der Waals surface area contributed by atoms with Crippen molar-refractivity contribution in [1.82, 2.24) is 29.7 Å². The molecule has 0 bridgehead atoms. The molecule has 0 amide bonds. The molecule has 2 aromatic heterocycles. The van der Waals surface area contributed by atoms with Crippen LogP contribution in [-0.2, 0) is 26.2 Å².